The molecule has 2 aliphatic carbocycles. The highest BCUT2D eigenvalue weighted by molar-refractivity contribution is 5.36. The molecule has 0 N–H and O–H groups in total. The van der Waals surface area contributed by atoms with Crippen LogP contribution in [-0.2, 0) is 0 Å². The van der Waals surface area contributed by atoms with Crippen LogP contribution >= 0.6 is 0 Å². The van der Waals surface area contributed by atoms with Crippen molar-refractivity contribution in [3.05, 3.63) is 54.0 Å². The van der Waals surface area contributed by atoms with Crippen LogP contribution in [0.1, 0.15) is 19.8 Å². The van der Waals surface area contributed by atoms with Crippen molar-refractivity contribution in [2.24, 2.45) is 5.92 Å². The van der Waals surface area contributed by atoms with Gasteiger partial charge < -0.3 is 0 Å². The normalized spacial score (nSPS) is 21.3. The minimum absolute atomic E-state index is 0.668. The molecule has 0 heterocycles. The highest BCUT2D eigenvalue weighted by Gasteiger charge is 2.17. The summed E-state index contributed by atoms with van der Waals surface area (Å²) in [5, 5.41) is 0. The van der Waals surface area contributed by atoms with Crippen molar-refractivity contribution in [3.63, 3.8) is 0 Å². The van der Waals surface area contributed by atoms with Crippen LogP contribution in [0.25, 0.3) is 0 Å². The lowest BCUT2D eigenvalue weighted by molar-refractivity contribution is 0.683. The maximum absolute atomic E-state index is 2.30. The van der Waals surface area contributed by atoms with E-state index in [0.717, 1.165) is 6.42 Å². The lowest BCUT2D eigenvalue weighted by Crippen LogP contribution is -1.97. The molecule has 0 aromatic heterocycles. The summed E-state index contributed by atoms with van der Waals surface area (Å²) in [6.45, 7) is 2.30. The summed E-state index contributed by atoms with van der Waals surface area (Å²) in [5.74, 6) is 0.668. The molecule has 0 amide bonds. The molecule has 0 radical (unpaired) electrons. The van der Waals surface area contributed by atoms with Crippen LogP contribution in [-0.4, -0.2) is 0 Å². The van der Waals surface area contributed by atoms with E-state index in [1.54, 1.807) is 5.57 Å². The Balaban J connectivity index is 1.91. The van der Waals surface area contributed by atoms with E-state index in [9.17, 15) is 0 Å². The van der Waals surface area contributed by atoms with Crippen LogP contribution in [0.2, 0.25) is 0 Å². The van der Waals surface area contributed by atoms with Gasteiger partial charge in [0.05, 0.1) is 23.8 Å². The molecular weight excluding hydrogens is 156 g/mol. The second kappa shape index (κ2) is 3.69. The van der Waals surface area contributed by atoms with E-state index < -0.39 is 0 Å². The average molecular weight is 171 g/mol. The van der Waals surface area contributed by atoms with Gasteiger partial charge in [-0.1, -0.05) is 23.8 Å². The largest absolute Gasteiger partial charge is 0.0963 e. The zero-order chi connectivity index (χ0) is 9.10. The first-order chi connectivity index (χ1) is 6.36. The monoisotopic (exact) mass is 171 g/mol. The molecule has 0 aromatic rings. The first-order valence-electron chi connectivity index (χ1n) is 4.92. The van der Waals surface area contributed by atoms with Gasteiger partial charge in [0.2, 0.25) is 0 Å². The molecule has 13 heavy (non-hydrogen) atoms. The lowest BCUT2D eigenvalue weighted by atomic mass is 9.94. The summed E-state index contributed by atoms with van der Waals surface area (Å²) in [5.41, 5.74) is 3.03. The van der Waals surface area contributed by atoms with Crippen molar-refractivity contribution in [1.29, 1.82) is 0 Å². The van der Waals surface area contributed by atoms with Gasteiger partial charge in [-0.2, -0.15) is 0 Å². The smallest absolute Gasteiger partial charge is 0.0805 e. The van der Waals surface area contributed by atoms with Crippen LogP contribution < -0.4 is 0 Å². The molecule has 1 atom stereocenters. The van der Waals surface area contributed by atoms with Gasteiger partial charge in [-0.05, 0) is 19.8 Å². The maximum atomic E-state index is 2.30. The van der Waals surface area contributed by atoms with E-state index in [-0.39, 0.29) is 0 Å². The summed E-state index contributed by atoms with van der Waals surface area (Å²) < 4.78 is 0. The zero-order valence-electron chi connectivity index (χ0n) is 8.03. The molecule has 1 unspecified atom stereocenters. The number of rotatable bonds is 3. The summed E-state index contributed by atoms with van der Waals surface area (Å²) >= 11 is 0. The average Bonchev–Trinajstić information content (AvgIpc) is 2.74. The Morgan fingerprint density at radius 3 is 3.08 bits per heavy atom. The SMILES string of the molecule is CC(CC1=CC=CC1)C1=C[CH+]C=C1. The predicted octanol–water partition coefficient (Wildman–Crippen LogP) is 3.60. The molecule has 0 saturated heterocycles. The van der Waals surface area contributed by atoms with Gasteiger partial charge >= 0.3 is 0 Å². The third-order valence-corrected chi connectivity index (χ3v) is 2.67. The molecule has 0 spiro atoms. The molecule has 0 aromatic carbocycles. The molecule has 0 heteroatoms. The van der Waals surface area contributed by atoms with Gasteiger partial charge in [-0.25, -0.2) is 0 Å². The van der Waals surface area contributed by atoms with Crippen molar-refractivity contribution >= 4 is 0 Å². The van der Waals surface area contributed by atoms with Crippen LogP contribution in [0, 0.1) is 12.3 Å². The molecule has 66 valence electrons. The fourth-order valence-corrected chi connectivity index (χ4v) is 1.87. The Kier molecular flexibility index (Phi) is 2.40. The minimum atomic E-state index is 0.668. The molecule has 2 aliphatic rings. The lowest BCUT2D eigenvalue weighted by Gasteiger charge is -2.06. The van der Waals surface area contributed by atoms with Crippen molar-refractivity contribution in [2.45, 2.75) is 19.8 Å². The molecule has 0 fully saturated rings. The highest BCUT2D eigenvalue weighted by Crippen LogP contribution is 2.27. The third-order valence-electron chi connectivity index (χ3n) is 2.67. The van der Waals surface area contributed by atoms with Gasteiger partial charge in [0.15, 0.2) is 0 Å². The number of hydrogen-bond acceptors (Lipinski definition) is 0. The van der Waals surface area contributed by atoms with Crippen molar-refractivity contribution in [3.8, 4) is 0 Å². The second-order valence-corrected chi connectivity index (χ2v) is 3.78. The van der Waals surface area contributed by atoms with Crippen LogP contribution in [0.15, 0.2) is 47.6 Å². The highest BCUT2D eigenvalue weighted by atomic mass is 14.2. The molecule has 0 bridgehead atoms. The third kappa shape index (κ3) is 1.95. The van der Waals surface area contributed by atoms with E-state index >= 15 is 0 Å². The number of allylic oxidation sites excluding steroid dienone is 8. The fraction of sp³-hybridized carbons (Fsp3) is 0.308. The summed E-state index contributed by atoms with van der Waals surface area (Å²) in [7, 11) is 0. The molecule has 2 rings (SSSR count). The van der Waals surface area contributed by atoms with Crippen LogP contribution in [0.4, 0.5) is 0 Å². The van der Waals surface area contributed by atoms with Crippen molar-refractivity contribution in [2.75, 3.05) is 0 Å². The maximum Gasteiger partial charge on any atom is 0.0963 e. The van der Waals surface area contributed by atoms with Gasteiger partial charge in [0, 0.05) is 12.3 Å². The quantitative estimate of drug-likeness (QED) is 0.569. The van der Waals surface area contributed by atoms with E-state index in [2.05, 4.69) is 49.8 Å². The van der Waals surface area contributed by atoms with Gasteiger partial charge in [0.25, 0.3) is 0 Å². The first-order valence-corrected chi connectivity index (χ1v) is 4.92. The van der Waals surface area contributed by atoms with Crippen molar-refractivity contribution < 1.29 is 0 Å². The standard InChI is InChI=1S/C13H15/c1-11(13-8-4-5-9-13)10-12-6-2-3-7-12/h2-6,8-9,11H,7,10H2,1H3/q+1. The second-order valence-electron chi connectivity index (χ2n) is 3.78. The molecule has 0 aliphatic heterocycles. The Morgan fingerprint density at radius 1 is 1.54 bits per heavy atom. The van der Waals surface area contributed by atoms with Gasteiger partial charge in [-0.3, -0.25) is 0 Å². The van der Waals surface area contributed by atoms with Crippen LogP contribution in [0.5, 0.6) is 0 Å². The van der Waals surface area contributed by atoms with Crippen LogP contribution in [0.3, 0.4) is 0 Å². The summed E-state index contributed by atoms with van der Waals surface area (Å²) in [6, 6.07) is 0. The minimum Gasteiger partial charge on any atom is -0.0805 e. The van der Waals surface area contributed by atoms with E-state index in [1.807, 2.05) is 0 Å². The topological polar surface area (TPSA) is 0 Å². The molecule has 0 saturated carbocycles. The Hall–Kier alpha value is -1.17. The van der Waals surface area contributed by atoms with E-state index in [4.69, 9.17) is 0 Å². The first kappa shape index (κ1) is 8.43. The summed E-state index contributed by atoms with van der Waals surface area (Å²) in [6.07, 6.45) is 17.7. The Bertz CT molecular complexity index is 300. The molecule has 0 nitrogen and oxygen atoms in total. The zero-order valence-corrected chi connectivity index (χ0v) is 8.03. The summed E-state index contributed by atoms with van der Waals surface area (Å²) in [4.78, 5) is 0. The molecular formula is C13H15+. The fourth-order valence-electron chi connectivity index (χ4n) is 1.87. The van der Waals surface area contributed by atoms with Gasteiger partial charge in [-0.15, -0.1) is 0 Å². The van der Waals surface area contributed by atoms with Crippen molar-refractivity contribution in [1.82, 2.24) is 0 Å². The van der Waals surface area contributed by atoms with Gasteiger partial charge in [0.1, 0.15) is 0 Å². The van der Waals surface area contributed by atoms with E-state index in [0.29, 0.717) is 5.92 Å². The van der Waals surface area contributed by atoms with E-state index in [1.165, 1.54) is 12.0 Å². The Morgan fingerprint density at radius 2 is 2.46 bits per heavy atom. The Labute approximate surface area is 80.3 Å². The number of hydrogen-bond donors (Lipinski definition) is 0. The predicted molar refractivity (Wildman–Crippen MR) is 57.1 cm³/mol.